The van der Waals surface area contributed by atoms with E-state index in [1.54, 1.807) is 0 Å². The Morgan fingerprint density at radius 1 is 1.47 bits per heavy atom. The van der Waals surface area contributed by atoms with Crippen LogP contribution in [-0.2, 0) is 4.79 Å². The molecule has 0 aromatic carbocycles. The van der Waals surface area contributed by atoms with Gasteiger partial charge in [0, 0.05) is 6.54 Å². The van der Waals surface area contributed by atoms with Gasteiger partial charge in [-0.05, 0) is 6.42 Å². The molecule has 0 aliphatic heterocycles. The van der Waals surface area contributed by atoms with Crippen molar-refractivity contribution < 1.29 is 14.7 Å². The molecule has 2 N–H and O–H groups in total. The smallest absolute Gasteiger partial charge is 0.324 e. The van der Waals surface area contributed by atoms with Gasteiger partial charge in [-0.2, -0.15) is 5.10 Å². The number of urea groups is 1. The summed E-state index contributed by atoms with van der Waals surface area (Å²) in [6, 6.07) is -0.553. The minimum absolute atomic E-state index is 0.0454. The molecule has 8 heteroatoms. The lowest BCUT2D eigenvalue weighted by Crippen LogP contribution is -2.39. The van der Waals surface area contributed by atoms with Crippen molar-refractivity contribution in [3.8, 4) is 0 Å². The maximum Gasteiger partial charge on any atom is 0.324 e. The number of hydrogen-bond acceptors (Lipinski definition) is 5. The topological polar surface area (TPSA) is 108 Å². The van der Waals surface area contributed by atoms with Crippen molar-refractivity contribution in [2.45, 2.75) is 13.3 Å². The summed E-state index contributed by atoms with van der Waals surface area (Å²) < 4.78 is 0. The number of nitrogens with one attached hydrogen (secondary N) is 1. The van der Waals surface area contributed by atoms with Crippen LogP contribution in [0.15, 0.2) is 12.4 Å². The fraction of sp³-hybridized carbons (Fsp3) is 0.444. The Hall–Kier alpha value is -2.25. The van der Waals surface area contributed by atoms with Crippen LogP contribution < -0.4 is 5.32 Å². The van der Waals surface area contributed by atoms with Crippen molar-refractivity contribution in [3.63, 3.8) is 0 Å². The van der Waals surface area contributed by atoms with Gasteiger partial charge in [-0.3, -0.25) is 10.1 Å². The predicted octanol–water partition coefficient (Wildman–Crippen LogP) is 0.200. The quantitative estimate of drug-likeness (QED) is 0.759. The summed E-state index contributed by atoms with van der Waals surface area (Å²) in [7, 11) is 0. The summed E-state index contributed by atoms with van der Waals surface area (Å²) in [5.74, 6) is -1.02. The predicted molar refractivity (Wildman–Crippen MR) is 58.3 cm³/mol. The Morgan fingerprint density at radius 3 is 2.76 bits per heavy atom. The van der Waals surface area contributed by atoms with Gasteiger partial charge in [0.1, 0.15) is 6.54 Å². The number of carboxylic acids is 1. The van der Waals surface area contributed by atoms with Crippen LogP contribution in [0.1, 0.15) is 13.3 Å². The first kappa shape index (κ1) is 12.8. The fourth-order valence-corrected chi connectivity index (χ4v) is 1.17. The lowest BCUT2D eigenvalue weighted by Gasteiger charge is -2.19. The Bertz CT molecular complexity index is 383. The second-order valence-electron chi connectivity index (χ2n) is 3.21. The lowest BCUT2D eigenvalue weighted by molar-refractivity contribution is -0.137. The van der Waals surface area contributed by atoms with Crippen LogP contribution in [0, 0.1) is 0 Å². The number of nitrogens with zero attached hydrogens (tertiary/aromatic N) is 4. The van der Waals surface area contributed by atoms with Crippen molar-refractivity contribution in [2.24, 2.45) is 0 Å². The zero-order valence-corrected chi connectivity index (χ0v) is 9.33. The third-order valence-corrected chi connectivity index (χ3v) is 1.81. The van der Waals surface area contributed by atoms with E-state index in [1.165, 1.54) is 17.3 Å². The third kappa shape index (κ3) is 4.41. The summed E-state index contributed by atoms with van der Waals surface area (Å²) in [4.78, 5) is 27.2. The van der Waals surface area contributed by atoms with Gasteiger partial charge in [-0.15, -0.1) is 5.10 Å². The molecule has 0 unspecified atom stereocenters. The van der Waals surface area contributed by atoms with E-state index in [1.807, 2.05) is 6.92 Å². The SMILES string of the molecule is CCCN(CC(=O)O)C(=O)Nc1nccnn1. The van der Waals surface area contributed by atoms with E-state index < -0.39 is 12.0 Å². The Morgan fingerprint density at radius 2 is 2.24 bits per heavy atom. The molecule has 0 aliphatic carbocycles. The second kappa shape index (κ2) is 6.36. The molecule has 0 spiro atoms. The molecule has 0 aliphatic rings. The van der Waals surface area contributed by atoms with Gasteiger partial charge < -0.3 is 10.0 Å². The number of carbonyl (C=O) groups is 2. The van der Waals surface area contributed by atoms with Crippen LogP contribution in [0.4, 0.5) is 10.7 Å². The molecule has 1 aromatic rings. The number of amides is 2. The highest BCUT2D eigenvalue weighted by Crippen LogP contribution is 1.98. The van der Waals surface area contributed by atoms with Crippen molar-refractivity contribution in [1.29, 1.82) is 0 Å². The number of carbonyl (C=O) groups excluding carboxylic acids is 1. The van der Waals surface area contributed by atoms with Gasteiger partial charge in [0.25, 0.3) is 5.95 Å². The summed E-state index contributed by atoms with van der Waals surface area (Å²) in [5, 5.41) is 18.1. The standard InChI is InChI=1S/C9H13N5O3/c1-2-5-14(6-7(15)16)9(17)12-8-10-3-4-11-13-8/h3-4H,2,5-6H2,1H3,(H,15,16)(H,10,12,13,17). The molecular weight excluding hydrogens is 226 g/mol. The number of aromatic nitrogens is 3. The fourth-order valence-electron chi connectivity index (χ4n) is 1.17. The molecule has 1 aromatic heterocycles. The van der Waals surface area contributed by atoms with E-state index in [9.17, 15) is 9.59 Å². The molecule has 0 atom stereocenters. The molecule has 2 amide bonds. The van der Waals surface area contributed by atoms with Crippen LogP contribution in [-0.4, -0.2) is 50.3 Å². The molecule has 0 bridgehead atoms. The molecule has 92 valence electrons. The molecule has 0 saturated carbocycles. The van der Waals surface area contributed by atoms with Gasteiger partial charge in [0.15, 0.2) is 0 Å². The van der Waals surface area contributed by atoms with Crippen molar-refractivity contribution in [3.05, 3.63) is 12.4 Å². The van der Waals surface area contributed by atoms with E-state index in [0.717, 1.165) is 0 Å². The molecule has 0 fully saturated rings. The highest BCUT2D eigenvalue weighted by molar-refractivity contribution is 5.89. The monoisotopic (exact) mass is 239 g/mol. The summed E-state index contributed by atoms with van der Waals surface area (Å²) in [6.45, 7) is 1.83. The highest BCUT2D eigenvalue weighted by Gasteiger charge is 2.16. The van der Waals surface area contributed by atoms with Gasteiger partial charge in [-0.25, -0.2) is 9.78 Å². The second-order valence-corrected chi connectivity index (χ2v) is 3.21. The molecule has 1 heterocycles. The van der Waals surface area contributed by atoms with E-state index in [-0.39, 0.29) is 12.5 Å². The summed E-state index contributed by atoms with van der Waals surface area (Å²) in [5.41, 5.74) is 0. The number of anilines is 1. The summed E-state index contributed by atoms with van der Waals surface area (Å²) in [6.07, 6.45) is 3.41. The minimum atomic E-state index is -1.07. The van der Waals surface area contributed by atoms with Crippen LogP contribution in [0.5, 0.6) is 0 Å². The number of carboxylic acid groups (broad SMARTS) is 1. The molecule has 8 nitrogen and oxygen atoms in total. The molecule has 0 radical (unpaired) electrons. The van der Waals surface area contributed by atoms with E-state index in [0.29, 0.717) is 13.0 Å². The average molecular weight is 239 g/mol. The first-order chi connectivity index (χ1) is 8.13. The van der Waals surface area contributed by atoms with Crippen LogP contribution in [0.3, 0.4) is 0 Å². The normalized spacial score (nSPS) is 9.71. The average Bonchev–Trinajstić information content (AvgIpc) is 2.29. The highest BCUT2D eigenvalue weighted by atomic mass is 16.4. The maximum absolute atomic E-state index is 11.7. The van der Waals surface area contributed by atoms with Crippen molar-refractivity contribution >= 4 is 17.9 Å². The van der Waals surface area contributed by atoms with Gasteiger partial charge >= 0.3 is 12.0 Å². The minimum Gasteiger partial charge on any atom is -0.480 e. The molecule has 1 rings (SSSR count). The van der Waals surface area contributed by atoms with Crippen LogP contribution >= 0.6 is 0 Å². The maximum atomic E-state index is 11.7. The third-order valence-electron chi connectivity index (χ3n) is 1.81. The van der Waals surface area contributed by atoms with E-state index in [4.69, 9.17) is 5.11 Å². The molecular formula is C9H13N5O3. The van der Waals surface area contributed by atoms with Crippen LogP contribution in [0.2, 0.25) is 0 Å². The van der Waals surface area contributed by atoms with Gasteiger partial charge in [-0.1, -0.05) is 6.92 Å². The first-order valence-corrected chi connectivity index (χ1v) is 5.05. The van der Waals surface area contributed by atoms with Crippen molar-refractivity contribution in [1.82, 2.24) is 20.1 Å². The molecule has 17 heavy (non-hydrogen) atoms. The van der Waals surface area contributed by atoms with E-state index >= 15 is 0 Å². The largest absolute Gasteiger partial charge is 0.480 e. The van der Waals surface area contributed by atoms with Crippen molar-refractivity contribution in [2.75, 3.05) is 18.4 Å². The Labute approximate surface area is 97.7 Å². The Balaban J connectivity index is 2.62. The number of hydrogen-bond donors (Lipinski definition) is 2. The van der Waals surface area contributed by atoms with Gasteiger partial charge in [0.2, 0.25) is 0 Å². The molecule has 0 saturated heterocycles. The number of rotatable bonds is 5. The zero-order valence-electron chi connectivity index (χ0n) is 9.33. The summed E-state index contributed by atoms with van der Waals surface area (Å²) >= 11 is 0. The number of aliphatic carboxylic acids is 1. The van der Waals surface area contributed by atoms with Gasteiger partial charge in [0.05, 0.1) is 12.4 Å². The first-order valence-electron chi connectivity index (χ1n) is 5.05. The van der Waals surface area contributed by atoms with E-state index in [2.05, 4.69) is 20.5 Å². The lowest BCUT2D eigenvalue weighted by atomic mass is 10.4. The van der Waals surface area contributed by atoms with Crippen LogP contribution in [0.25, 0.3) is 0 Å². The Kier molecular flexibility index (Phi) is 4.79. The zero-order chi connectivity index (χ0) is 12.7.